The van der Waals surface area contributed by atoms with Gasteiger partial charge in [0.05, 0.1) is 27.0 Å². The predicted molar refractivity (Wildman–Crippen MR) is 191 cm³/mol. The van der Waals surface area contributed by atoms with Crippen LogP contribution in [0.3, 0.4) is 0 Å². The fourth-order valence-electron chi connectivity index (χ4n) is 5.78. The van der Waals surface area contributed by atoms with E-state index in [4.69, 9.17) is 4.98 Å². The molecular weight excluding hydrogens is 755 g/mol. The molecule has 1 saturated carbocycles. The van der Waals surface area contributed by atoms with Gasteiger partial charge in [0, 0.05) is 78.3 Å². The minimum atomic E-state index is -0.322. The van der Waals surface area contributed by atoms with Crippen LogP contribution >= 0.6 is 31.9 Å². The van der Waals surface area contributed by atoms with Gasteiger partial charge < -0.3 is 10.6 Å². The van der Waals surface area contributed by atoms with E-state index in [1.807, 2.05) is 16.9 Å². The van der Waals surface area contributed by atoms with Crippen LogP contribution in [0.25, 0.3) is 22.6 Å². The third kappa shape index (κ3) is 7.57. The minimum Gasteiger partial charge on any atom is -0.366 e. The summed E-state index contributed by atoms with van der Waals surface area (Å²) < 4.78 is 19.3. The van der Waals surface area contributed by atoms with Crippen LogP contribution in [-0.2, 0) is 13.1 Å². The van der Waals surface area contributed by atoms with E-state index < -0.39 is 0 Å². The Kier molecular flexibility index (Phi) is 10.1. The van der Waals surface area contributed by atoms with Crippen molar-refractivity contribution in [2.75, 3.05) is 10.6 Å². The molecule has 0 amide bonds. The van der Waals surface area contributed by atoms with Crippen LogP contribution in [0.4, 0.5) is 16.0 Å². The summed E-state index contributed by atoms with van der Waals surface area (Å²) in [5, 5.41) is 15.5. The molecule has 15 heteroatoms. The number of halogens is 3. The Morgan fingerprint density at radius 1 is 0.694 bits per heavy atom. The highest BCUT2D eigenvalue weighted by Crippen LogP contribution is 2.34. The SMILES string of the molecule is Brc1cnn2c(NCc3cncnc3)cc(C3CCCCC3)nc12.Fc1ccccc1-c1cc(NCc2cncnc2)n2ncc(Br)c2n1. The largest absolute Gasteiger partial charge is 0.366 e. The Hall–Kier alpha value is -4.89. The van der Waals surface area contributed by atoms with Gasteiger partial charge in [-0.3, -0.25) is 0 Å². The van der Waals surface area contributed by atoms with Crippen molar-refractivity contribution in [3.05, 3.63) is 118 Å². The van der Waals surface area contributed by atoms with Crippen LogP contribution in [0.15, 0.2) is 95.2 Å². The van der Waals surface area contributed by atoms with Crippen LogP contribution < -0.4 is 10.6 Å². The van der Waals surface area contributed by atoms with Gasteiger partial charge in [-0.2, -0.15) is 19.2 Å². The molecule has 248 valence electrons. The average molecular weight is 787 g/mol. The second-order valence-electron chi connectivity index (χ2n) is 11.6. The number of rotatable bonds is 8. The number of hydrogen-bond acceptors (Lipinski definition) is 10. The summed E-state index contributed by atoms with van der Waals surface area (Å²) in [5.74, 6) is 1.87. The van der Waals surface area contributed by atoms with Gasteiger partial charge in [-0.05, 0) is 56.8 Å². The summed E-state index contributed by atoms with van der Waals surface area (Å²) in [6.45, 7) is 1.16. The molecule has 0 saturated heterocycles. The second-order valence-corrected chi connectivity index (χ2v) is 13.3. The Morgan fingerprint density at radius 3 is 1.84 bits per heavy atom. The molecule has 2 N–H and O–H groups in total. The van der Waals surface area contributed by atoms with Crippen molar-refractivity contribution in [2.45, 2.75) is 51.1 Å². The fourth-order valence-corrected chi connectivity index (χ4v) is 6.48. The maximum atomic E-state index is 14.2. The third-order valence-corrected chi connectivity index (χ3v) is 9.34. The van der Waals surface area contributed by atoms with Crippen LogP contribution in [0, 0.1) is 5.82 Å². The topological polar surface area (TPSA) is 136 Å². The summed E-state index contributed by atoms with van der Waals surface area (Å²) in [6, 6.07) is 10.5. The van der Waals surface area contributed by atoms with Crippen LogP contribution in [-0.4, -0.2) is 49.1 Å². The van der Waals surface area contributed by atoms with Gasteiger partial charge in [0.25, 0.3) is 0 Å². The van der Waals surface area contributed by atoms with Crippen molar-refractivity contribution in [3.63, 3.8) is 0 Å². The monoisotopic (exact) mass is 784 g/mol. The number of anilines is 2. The molecule has 1 aliphatic carbocycles. The average Bonchev–Trinajstić information content (AvgIpc) is 3.73. The maximum Gasteiger partial charge on any atom is 0.172 e. The van der Waals surface area contributed by atoms with Crippen molar-refractivity contribution < 1.29 is 4.39 Å². The lowest BCUT2D eigenvalue weighted by molar-refractivity contribution is 0.437. The summed E-state index contributed by atoms with van der Waals surface area (Å²) in [6.07, 6.45) is 20.0. The first-order valence-electron chi connectivity index (χ1n) is 15.8. The molecule has 1 aliphatic rings. The van der Waals surface area contributed by atoms with E-state index >= 15 is 0 Å². The van der Waals surface area contributed by atoms with E-state index in [1.165, 1.54) is 44.5 Å². The molecule has 1 fully saturated rings. The molecule has 0 bridgehead atoms. The maximum absolute atomic E-state index is 14.2. The van der Waals surface area contributed by atoms with Gasteiger partial charge in [-0.25, -0.2) is 34.3 Å². The first kappa shape index (κ1) is 32.6. The zero-order valence-electron chi connectivity index (χ0n) is 26.2. The molecule has 0 radical (unpaired) electrons. The standard InChI is InChI=1S/C17H12BrFN6.C17H19BrN6/c18-13-9-23-25-16(22-8-11-6-20-10-21-7-11)5-15(24-17(13)25)12-3-1-2-4-14(12)19;18-14-10-22-24-16(21-9-12-7-19-11-20-8-12)6-15(23-17(14)24)13-4-2-1-3-5-13/h1-7,9-10,22H,8H2;6-8,10-11,13,21H,1-5,9H2. The summed E-state index contributed by atoms with van der Waals surface area (Å²) >= 11 is 7.00. The highest BCUT2D eigenvalue weighted by atomic mass is 79.9. The molecule has 6 aromatic heterocycles. The Morgan fingerprint density at radius 2 is 1.24 bits per heavy atom. The zero-order chi connectivity index (χ0) is 33.6. The number of hydrogen-bond donors (Lipinski definition) is 2. The number of nitrogens with zero attached hydrogens (tertiary/aromatic N) is 10. The fraction of sp³-hybridized carbons (Fsp3) is 0.235. The highest BCUT2D eigenvalue weighted by Gasteiger charge is 2.20. The molecule has 6 heterocycles. The van der Waals surface area contributed by atoms with E-state index in [-0.39, 0.29) is 5.82 Å². The van der Waals surface area contributed by atoms with Crippen molar-refractivity contribution in [3.8, 4) is 11.3 Å². The molecular formula is C34H31Br2FN12. The summed E-state index contributed by atoms with van der Waals surface area (Å²) in [4.78, 5) is 25.5. The molecule has 1 aromatic carbocycles. The lowest BCUT2D eigenvalue weighted by Gasteiger charge is -2.22. The Bertz CT molecular complexity index is 2170. The number of nitrogens with one attached hydrogen (secondary N) is 2. The lowest BCUT2D eigenvalue weighted by Crippen LogP contribution is -2.11. The lowest BCUT2D eigenvalue weighted by atomic mass is 9.87. The van der Waals surface area contributed by atoms with Gasteiger partial charge in [0.1, 0.15) is 30.1 Å². The number of benzene rings is 1. The second kappa shape index (κ2) is 15.1. The predicted octanol–water partition coefficient (Wildman–Crippen LogP) is 7.64. The van der Waals surface area contributed by atoms with Crippen molar-refractivity contribution in [1.82, 2.24) is 49.1 Å². The molecule has 12 nitrogen and oxygen atoms in total. The first-order valence-corrected chi connectivity index (χ1v) is 17.4. The van der Waals surface area contributed by atoms with E-state index in [2.05, 4.69) is 83.7 Å². The van der Waals surface area contributed by atoms with Gasteiger partial charge in [-0.1, -0.05) is 31.4 Å². The minimum absolute atomic E-state index is 0.322. The van der Waals surface area contributed by atoms with E-state index in [0.717, 1.165) is 37.2 Å². The molecule has 7 aromatic rings. The molecule has 8 rings (SSSR count). The highest BCUT2D eigenvalue weighted by molar-refractivity contribution is 9.11. The van der Waals surface area contributed by atoms with Gasteiger partial charge in [0.2, 0.25) is 0 Å². The van der Waals surface area contributed by atoms with Gasteiger partial charge >= 0.3 is 0 Å². The van der Waals surface area contributed by atoms with Gasteiger partial charge in [0.15, 0.2) is 11.3 Å². The molecule has 0 aliphatic heterocycles. The smallest absolute Gasteiger partial charge is 0.172 e. The summed E-state index contributed by atoms with van der Waals surface area (Å²) in [5.41, 5.74) is 5.55. The zero-order valence-corrected chi connectivity index (χ0v) is 29.4. The van der Waals surface area contributed by atoms with Crippen LogP contribution in [0.2, 0.25) is 0 Å². The quantitative estimate of drug-likeness (QED) is 0.158. The first-order chi connectivity index (χ1) is 24.0. The summed E-state index contributed by atoms with van der Waals surface area (Å²) in [7, 11) is 0. The van der Waals surface area contributed by atoms with E-state index in [1.54, 1.807) is 59.9 Å². The molecule has 0 spiro atoms. The van der Waals surface area contributed by atoms with Gasteiger partial charge in [-0.15, -0.1) is 0 Å². The Balaban J connectivity index is 0.000000154. The van der Waals surface area contributed by atoms with Crippen LogP contribution in [0.5, 0.6) is 0 Å². The normalized spacial score (nSPS) is 13.3. The number of aromatic nitrogens is 10. The van der Waals surface area contributed by atoms with Crippen LogP contribution in [0.1, 0.15) is 54.8 Å². The van der Waals surface area contributed by atoms with E-state index in [9.17, 15) is 4.39 Å². The van der Waals surface area contributed by atoms with Crippen molar-refractivity contribution >= 4 is 54.8 Å². The molecule has 49 heavy (non-hydrogen) atoms. The van der Waals surface area contributed by atoms with E-state index in [0.29, 0.717) is 41.7 Å². The van der Waals surface area contributed by atoms with Crippen molar-refractivity contribution in [2.24, 2.45) is 0 Å². The molecule has 0 atom stereocenters. The molecule has 0 unspecified atom stereocenters. The third-order valence-electron chi connectivity index (χ3n) is 8.23. The Labute approximate surface area is 298 Å². The van der Waals surface area contributed by atoms with Crippen molar-refractivity contribution in [1.29, 1.82) is 0 Å². The number of fused-ring (bicyclic) bond motifs is 2.